The highest BCUT2D eigenvalue weighted by molar-refractivity contribution is 6.75. The third kappa shape index (κ3) is 17.2. The summed E-state index contributed by atoms with van der Waals surface area (Å²) in [5.74, 6) is 10.4. The average Bonchev–Trinajstić information content (AvgIpc) is 1.67. The van der Waals surface area contributed by atoms with Crippen LogP contribution in [0, 0.1) is 128 Å². The molecule has 4 N–H and O–H groups in total. The van der Waals surface area contributed by atoms with E-state index >= 15 is 0 Å². The molecule has 582 valence electrons. The molecule has 0 aromatic carbocycles. The van der Waals surface area contributed by atoms with E-state index in [0.717, 1.165) is 102 Å². The number of hydrogen-bond donors (Lipinski definition) is 4. The van der Waals surface area contributed by atoms with Crippen LogP contribution in [0.4, 0.5) is 0 Å². The van der Waals surface area contributed by atoms with Crippen molar-refractivity contribution in [1.82, 2.24) is 0 Å². The Morgan fingerprint density at radius 3 is 1.13 bits per heavy atom. The number of allylic oxidation sites excluding steroid dienone is 2. The molecule has 101 heavy (non-hydrogen) atoms. The van der Waals surface area contributed by atoms with Gasteiger partial charge in [0.25, 0.3) is 0 Å². The average molecular weight is 1470 g/mol. The summed E-state index contributed by atoms with van der Waals surface area (Å²) in [5.41, 5.74) is 9.18. The van der Waals surface area contributed by atoms with E-state index < -0.39 is 38.9 Å². The molecule has 12 heteroatoms. The van der Waals surface area contributed by atoms with Gasteiger partial charge in [0.2, 0.25) is 0 Å². The van der Waals surface area contributed by atoms with E-state index in [4.69, 9.17) is 24.1 Å². The second-order valence-corrected chi connectivity index (χ2v) is 63.1. The standard InChI is InChI=1S/C34H64O3Si2.C34H64O2Si2.C21H34O3/c1-15-34(35)21-18-29-27(24-37-39(13,14)31(6,7)8)28(17-20-33(29,34)10)32(9)19-16-25(2)22-26(32)23-36-38(11,12)30(3,4)5;1-15-26-16-17-29-28(24-36-38(13,14)32(6,7)8)30(19-21-33(26,29)9)34(10)20-18-25(2)22-27(34)23-35-37(11,12)31(3,4)5;1-4-14-5-6-18-17(13-23)19(8-10-20(14,18)2)21(3)9-7-16(24)11-15(21)12-22/h1,25-29,35H,16-24H2,2-14H3;25,27-30H,1,16-24H2,2-14H3;15-19,22-24H,1,5-13H2,2-3H3/t25-,26+,27+,28?,29?,32-,33-,34-;25-,27+,28-,29?,30?,33+,34-;15-,16+,17+,18?,19?,20-,21+/m001/s1. The molecule has 0 aliphatic heterocycles. The summed E-state index contributed by atoms with van der Waals surface area (Å²) in [6.07, 6.45) is 29.4. The number of fused-ring (bicyclic) bond motifs is 3. The summed E-state index contributed by atoms with van der Waals surface area (Å²) >= 11 is 0. The van der Waals surface area contributed by atoms with Gasteiger partial charge < -0.3 is 38.1 Å². The molecule has 9 rings (SSSR count). The van der Waals surface area contributed by atoms with Crippen LogP contribution >= 0.6 is 0 Å². The molecule has 0 amide bonds. The Kier molecular flexibility index (Phi) is 27.2. The lowest BCUT2D eigenvalue weighted by atomic mass is 9.48. The largest absolute Gasteiger partial charge is 0.417 e. The van der Waals surface area contributed by atoms with Gasteiger partial charge in [-0.3, -0.25) is 0 Å². The van der Waals surface area contributed by atoms with Gasteiger partial charge in [-0.1, -0.05) is 170 Å². The first-order valence-electron chi connectivity index (χ1n) is 41.6. The minimum atomic E-state index is -1.92. The molecule has 0 heterocycles. The van der Waals surface area contributed by atoms with Crippen molar-refractivity contribution in [3.8, 4) is 12.3 Å². The van der Waals surface area contributed by atoms with E-state index in [0.29, 0.717) is 71.0 Å². The van der Waals surface area contributed by atoms with Crippen LogP contribution in [0.2, 0.25) is 72.5 Å². The first-order valence-corrected chi connectivity index (χ1v) is 53.2. The fourth-order valence-corrected chi connectivity index (χ4v) is 26.7. The fraction of sp³-hybridized carbons (Fsp3) is 0.910. The maximum absolute atomic E-state index is 11.6. The monoisotopic (exact) mass is 1470 g/mol. The van der Waals surface area contributed by atoms with Gasteiger partial charge in [0, 0.05) is 45.1 Å². The Morgan fingerprint density at radius 1 is 0.426 bits per heavy atom. The summed E-state index contributed by atoms with van der Waals surface area (Å²) < 4.78 is 28.1. The molecule has 9 saturated carbocycles. The van der Waals surface area contributed by atoms with E-state index in [1.807, 2.05) is 0 Å². The van der Waals surface area contributed by atoms with Crippen LogP contribution < -0.4 is 0 Å². The molecular formula is C89H162O8Si4. The Bertz CT molecular complexity index is 2930. The predicted molar refractivity (Wildman–Crippen MR) is 438 cm³/mol. The van der Waals surface area contributed by atoms with Gasteiger partial charge in [-0.05, 0) is 316 Å². The third-order valence-electron chi connectivity index (χ3n) is 34.6. The molecule has 0 spiro atoms. The lowest BCUT2D eigenvalue weighted by molar-refractivity contribution is -0.127. The number of terminal acetylenes is 1. The molecule has 0 aromatic heterocycles. The molecule has 0 saturated heterocycles. The van der Waals surface area contributed by atoms with E-state index in [9.17, 15) is 20.4 Å². The van der Waals surface area contributed by atoms with Crippen LogP contribution in [0.1, 0.15) is 273 Å². The van der Waals surface area contributed by atoms with Crippen molar-refractivity contribution in [2.24, 2.45) is 115 Å². The molecular weight excluding hydrogens is 1310 g/mol. The maximum atomic E-state index is 11.6. The summed E-state index contributed by atoms with van der Waals surface area (Å²) in [6.45, 7) is 79.3. The normalized spacial score (nSPS) is 41.2. The zero-order valence-corrected chi connectivity index (χ0v) is 75.2. The molecule has 9 aliphatic rings. The zero-order chi connectivity index (χ0) is 76.4. The van der Waals surface area contributed by atoms with Crippen LogP contribution in [-0.4, -0.2) is 105 Å². The molecule has 22 atom stereocenters. The molecule has 0 bridgehead atoms. The summed E-state index contributed by atoms with van der Waals surface area (Å²) in [7, 11) is -7.36. The zero-order valence-electron chi connectivity index (χ0n) is 71.2. The molecule has 9 aliphatic carbocycles. The lowest BCUT2D eigenvalue weighted by Crippen LogP contribution is -2.56. The van der Waals surface area contributed by atoms with E-state index in [1.54, 1.807) is 0 Å². The quantitative estimate of drug-likeness (QED) is 0.0646. The highest BCUT2D eigenvalue weighted by atomic mass is 28.4. The van der Waals surface area contributed by atoms with E-state index in [-0.39, 0.29) is 78.4 Å². The predicted octanol–water partition coefficient (Wildman–Crippen LogP) is 23.2. The first kappa shape index (κ1) is 87.4. The topological polar surface area (TPSA) is 118 Å². The Hall–Kier alpha value is -0.852. The van der Waals surface area contributed by atoms with Crippen molar-refractivity contribution in [1.29, 1.82) is 0 Å². The fourth-order valence-electron chi connectivity index (χ4n) is 22.5. The van der Waals surface area contributed by atoms with Gasteiger partial charge in [0.15, 0.2) is 33.3 Å². The van der Waals surface area contributed by atoms with Crippen molar-refractivity contribution in [2.75, 3.05) is 39.6 Å². The second-order valence-electron chi connectivity index (χ2n) is 43.9. The smallest absolute Gasteiger partial charge is 0.191 e. The first-order chi connectivity index (χ1) is 46.1. The highest BCUT2D eigenvalue weighted by Crippen LogP contribution is 2.69. The SMILES string of the molecule is C#C[C@]1(O)CCC2[C@H](CO[Si](C)(C)C(C)(C)C)C([C@@]3(C)CC[C@H](C)C[C@@H]3CO[Si](C)(C)C(C)(C)C)CC[C@@]21C.C=C=C1CCC2[C@H](CO)C([C@@]3(C)CC[C@H](O)C[C@@H]3CO)CC[C@]12C.C=C=C1CCC2[C@H](CO[Si](C)(C)C(C)(C)C)C([C@@]3(C)CC[C@H](C)C[C@@H]3CO[Si](C)(C)C(C)(C)C)CC[C@]12C. The maximum Gasteiger partial charge on any atom is 0.191 e. The van der Waals surface area contributed by atoms with E-state index in [2.05, 4.69) is 221 Å². The van der Waals surface area contributed by atoms with Crippen molar-refractivity contribution >= 4 is 33.3 Å². The third-order valence-corrected chi connectivity index (χ3v) is 52.6. The Morgan fingerprint density at radius 2 is 0.762 bits per heavy atom. The van der Waals surface area contributed by atoms with E-state index in [1.165, 1.54) is 75.4 Å². The summed E-state index contributed by atoms with van der Waals surface area (Å²) in [4.78, 5) is 0. The summed E-state index contributed by atoms with van der Waals surface area (Å²) in [5, 5.41) is 42.8. The Labute approximate surface area is 628 Å². The van der Waals surface area contributed by atoms with Crippen LogP contribution in [0.5, 0.6) is 0 Å². The van der Waals surface area contributed by atoms with Crippen molar-refractivity contribution < 1.29 is 38.1 Å². The molecule has 0 radical (unpaired) electrons. The van der Waals surface area contributed by atoms with Crippen LogP contribution in [0.3, 0.4) is 0 Å². The molecule has 8 nitrogen and oxygen atoms in total. The van der Waals surface area contributed by atoms with Crippen LogP contribution in [-0.2, 0) is 17.7 Å². The van der Waals surface area contributed by atoms with Gasteiger partial charge in [-0.2, -0.15) is 0 Å². The highest BCUT2D eigenvalue weighted by Gasteiger charge is 2.65. The summed E-state index contributed by atoms with van der Waals surface area (Å²) in [6, 6.07) is 0. The minimum absolute atomic E-state index is 0.0172. The lowest BCUT2D eigenvalue weighted by Gasteiger charge is -2.58. The van der Waals surface area contributed by atoms with Crippen LogP contribution in [0.25, 0.3) is 0 Å². The molecule has 9 fully saturated rings. The Balaban J connectivity index is 0.000000219. The number of aliphatic hydroxyl groups is 4. The van der Waals surface area contributed by atoms with Crippen molar-refractivity contribution in [2.45, 2.75) is 358 Å². The molecule has 6 unspecified atom stereocenters. The van der Waals surface area contributed by atoms with Gasteiger partial charge >= 0.3 is 0 Å². The van der Waals surface area contributed by atoms with Crippen molar-refractivity contribution in [3.05, 3.63) is 35.8 Å². The number of rotatable bonds is 17. The van der Waals surface area contributed by atoms with Gasteiger partial charge in [-0.25, -0.2) is 0 Å². The second kappa shape index (κ2) is 31.5. The van der Waals surface area contributed by atoms with Gasteiger partial charge in [-0.15, -0.1) is 17.9 Å². The van der Waals surface area contributed by atoms with Crippen LogP contribution in [0.15, 0.2) is 35.8 Å². The minimum Gasteiger partial charge on any atom is -0.417 e. The molecule has 0 aromatic rings. The number of hydrogen-bond acceptors (Lipinski definition) is 8. The van der Waals surface area contributed by atoms with Gasteiger partial charge in [0.1, 0.15) is 5.60 Å². The number of aliphatic hydroxyl groups excluding tert-OH is 3. The van der Waals surface area contributed by atoms with Gasteiger partial charge in [0.05, 0.1) is 6.10 Å². The van der Waals surface area contributed by atoms with Crippen molar-refractivity contribution in [3.63, 3.8) is 0 Å².